The highest BCUT2D eigenvalue weighted by Crippen LogP contribution is 2.44. The van der Waals surface area contributed by atoms with E-state index in [1.54, 1.807) is 0 Å². The lowest BCUT2D eigenvalue weighted by atomic mass is 9.63. The Labute approximate surface area is 112 Å². The summed E-state index contributed by atoms with van der Waals surface area (Å²) in [5.74, 6) is 0.611. The van der Waals surface area contributed by atoms with Crippen LogP contribution in [0.25, 0.3) is 0 Å². The van der Waals surface area contributed by atoms with Gasteiger partial charge in [0.05, 0.1) is 6.67 Å². The largest absolute Gasteiger partial charge is 0.326 e. The average molecular weight is 264 g/mol. The maximum Gasteiger partial charge on any atom is 0.0507 e. The molecule has 4 aliphatic rings. The van der Waals surface area contributed by atoms with E-state index in [2.05, 4.69) is 21.9 Å². The van der Waals surface area contributed by atoms with E-state index in [9.17, 15) is 0 Å². The third-order valence-electron chi connectivity index (χ3n) is 4.94. The SMILES string of the molecule is NC1C2CN3CN(C2)CC1(c1cccc(Cl)c1)C3. The van der Waals surface area contributed by atoms with Gasteiger partial charge in [-0.3, -0.25) is 9.80 Å². The lowest BCUT2D eigenvalue weighted by molar-refractivity contribution is -0.0991. The minimum atomic E-state index is 0.0876. The molecule has 4 saturated heterocycles. The molecule has 4 aliphatic heterocycles. The van der Waals surface area contributed by atoms with Crippen molar-refractivity contribution in [2.24, 2.45) is 11.7 Å². The van der Waals surface area contributed by atoms with Gasteiger partial charge in [-0.2, -0.15) is 0 Å². The van der Waals surface area contributed by atoms with Crippen LogP contribution in [0.3, 0.4) is 0 Å². The highest BCUT2D eigenvalue weighted by Gasteiger charge is 2.55. The Balaban J connectivity index is 1.82. The summed E-state index contributed by atoms with van der Waals surface area (Å²) in [6.07, 6.45) is 0. The van der Waals surface area contributed by atoms with Crippen LogP contribution >= 0.6 is 11.6 Å². The van der Waals surface area contributed by atoms with Crippen LogP contribution in [-0.2, 0) is 5.41 Å². The first kappa shape index (κ1) is 11.2. The molecule has 0 saturated carbocycles. The monoisotopic (exact) mass is 263 g/mol. The van der Waals surface area contributed by atoms with Crippen LogP contribution in [0, 0.1) is 5.92 Å². The van der Waals surface area contributed by atoms with Gasteiger partial charge in [-0.05, 0) is 17.7 Å². The normalized spacial score (nSPS) is 45.4. The molecule has 0 aromatic heterocycles. The zero-order valence-electron chi connectivity index (χ0n) is 10.3. The van der Waals surface area contributed by atoms with Gasteiger partial charge < -0.3 is 5.73 Å². The van der Waals surface area contributed by atoms with Gasteiger partial charge in [0, 0.05) is 48.6 Å². The minimum absolute atomic E-state index is 0.0876. The molecule has 3 atom stereocenters. The Morgan fingerprint density at radius 3 is 2.61 bits per heavy atom. The van der Waals surface area contributed by atoms with E-state index >= 15 is 0 Å². The van der Waals surface area contributed by atoms with Gasteiger partial charge in [0.2, 0.25) is 0 Å². The van der Waals surface area contributed by atoms with E-state index in [1.165, 1.54) is 18.7 Å². The minimum Gasteiger partial charge on any atom is -0.326 e. The summed E-state index contributed by atoms with van der Waals surface area (Å²) >= 11 is 6.16. The quantitative estimate of drug-likeness (QED) is 0.824. The highest BCUT2D eigenvalue weighted by atomic mass is 35.5. The second-order valence-electron chi connectivity index (χ2n) is 6.12. The maximum absolute atomic E-state index is 6.59. The van der Waals surface area contributed by atoms with Crippen LogP contribution in [-0.4, -0.2) is 48.7 Å². The molecule has 18 heavy (non-hydrogen) atoms. The first-order chi connectivity index (χ1) is 8.67. The van der Waals surface area contributed by atoms with Crippen LogP contribution in [0.2, 0.25) is 5.02 Å². The molecular formula is C14H18ClN3. The lowest BCUT2D eigenvalue weighted by Gasteiger charge is -2.62. The van der Waals surface area contributed by atoms with E-state index in [-0.39, 0.29) is 11.5 Å². The molecule has 1 aromatic carbocycles. The fraction of sp³-hybridized carbons (Fsp3) is 0.571. The first-order valence-corrected chi connectivity index (χ1v) is 7.01. The summed E-state index contributed by atoms with van der Waals surface area (Å²) in [7, 11) is 0. The van der Waals surface area contributed by atoms with E-state index < -0.39 is 0 Å². The van der Waals surface area contributed by atoms with Crippen molar-refractivity contribution in [3.05, 3.63) is 34.9 Å². The van der Waals surface area contributed by atoms with Gasteiger partial charge in [-0.1, -0.05) is 23.7 Å². The number of nitrogens with two attached hydrogens (primary N) is 1. The third-order valence-corrected chi connectivity index (χ3v) is 5.18. The zero-order chi connectivity index (χ0) is 12.3. The van der Waals surface area contributed by atoms with Crippen molar-refractivity contribution in [2.45, 2.75) is 11.5 Å². The van der Waals surface area contributed by atoms with Crippen molar-refractivity contribution >= 4 is 11.6 Å². The molecule has 0 amide bonds. The average Bonchev–Trinajstić information content (AvgIpc) is 2.35. The fourth-order valence-corrected chi connectivity index (χ4v) is 4.45. The smallest absolute Gasteiger partial charge is 0.0507 e. The third kappa shape index (κ3) is 1.42. The van der Waals surface area contributed by atoms with E-state index in [4.69, 9.17) is 17.3 Å². The number of hydrogen-bond acceptors (Lipinski definition) is 3. The molecule has 3 unspecified atom stereocenters. The molecule has 4 fully saturated rings. The highest BCUT2D eigenvalue weighted by molar-refractivity contribution is 6.30. The standard InChI is InChI=1S/C14H18ClN3/c15-12-3-1-2-11(4-12)14-7-17-5-10(13(14)16)6-18(8-14)9-17/h1-4,10,13H,5-9,16H2. The predicted octanol–water partition coefficient (Wildman–Crippen LogP) is 1.12. The van der Waals surface area contributed by atoms with Crippen LogP contribution in [0.1, 0.15) is 5.56 Å². The lowest BCUT2D eigenvalue weighted by Crippen LogP contribution is -2.77. The van der Waals surface area contributed by atoms with Crippen LogP contribution in [0.15, 0.2) is 24.3 Å². The van der Waals surface area contributed by atoms with Crippen molar-refractivity contribution < 1.29 is 0 Å². The van der Waals surface area contributed by atoms with Gasteiger partial charge in [0.15, 0.2) is 0 Å². The summed E-state index contributed by atoms with van der Waals surface area (Å²) < 4.78 is 0. The molecule has 1 aromatic rings. The molecule has 4 heterocycles. The predicted molar refractivity (Wildman–Crippen MR) is 72.6 cm³/mol. The second-order valence-corrected chi connectivity index (χ2v) is 6.55. The molecular weight excluding hydrogens is 246 g/mol. The van der Waals surface area contributed by atoms with Crippen molar-refractivity contribution in [3.8, 4) is 0 Å². The van der Waals surface area contributed by atoms with E-state index in [0.29, 0.717) is 5.92 Å². The summed E-state index contributed by atoms with van der Waals surface area (Å²) in [6, 6.07) is 8.56. The Morgan fingerprint density at radius 1 is 1.22 bits per heavy atom. The van der Waals surface area contributed by atoms with Gasteiger partial charge >= 0.3 is 0 Å². The van der Waals surface area contributed by atoms with Crippen molar-refractivity contribution in [3.63, 3.8) is 0 Å². The van der Waals surface area contributed by atoms with E-state index in [1.807, 2.05) is 12.1 Å². The first-order valence-electron chi connectivity index (χ1n) is 6.64. The summed E-state index contributed by atoms with van der Waals surface area (Å²) in [5.41, 5.74) is 8.00. The Morgan fingerprint density at radius 2 is 1.94 bits per heavy atom. The molecule has 3 nitrogen and oxygen atoms in total. The molecule has 0 radical (unpaired) electrons. The maximum atomic E-state index is 6.59. The molecule has 4 bridgehead atoms. The van der Waals surface area contributed by atoms with Gasteiger partial charge in [-0.15, -0.1) is 0 Å². The van der Waals surface area contributed by atoms with Crippen LogP contribution in [0.4, 0.5) is 0 Å². The number of rotatable bonds is 1. The molecule has 96 valence electrons. The van der Waals surface area contributed by atoms with Crippen molar-refractivity contribution in [2.75, 3.05) is 32.8 Å². The van der Waals surface area contributed by atoms with Crippen LogP contribution < -0.4 is 5.73 Å². The number of hydrogen-bond donors (Lipinski definition) is 1. The summed E-state index contributed by atoms with van der Waals surface area (Å²) in [4.78, 5) is 5.09. The van der Waals surface area contributed by atoms with Gasteiger partial charge in [0.1, 0.15) is 0 Å². The van der Waals surface area contributed by atoms with E-state index in [0.717, 1.165) is 24.8 Å². The molecule has 4 heteroatoms. The number of piperidine rings is 2. The Hall–Kier alpha value is -0.610. The van der Waals surface area contributed by atoms with Crippen LogP contribution in [0.5, 0.6) is 0 Å². The zero-order valence-corrected chi connectivity index (χ0v) is 11.1. The number of halogens is 1. The van der Waals surface area contributed by atoms with Crippen molar-refractivity contribution in [1.29, 1.82) is 0 Å². The molecule has 5 rings (SSSR count). The summed E-state index contributed by atoms with van der Waals surface area (Å²) in [5, 5.41) is 0.820. The Bertz CT molecular complexity index is 476. The number of benzene rings is 1. The molecule has 0 aliphatic carbocycles. The Kier molecular flexibility index (Phi) is 2.31. The topological polar surface area (TPSA) is 32.5 Å². The van der Waals surface area contributed by atoms with Crippen molar-refractivity contribution in [1.82, 2.24) is 9.80 Å². The second kappa shape index (κ2) is 3.70. The fourth-order valence-electron chi connectivity index (χ4n) is 4.26. The molecule has 0 spiro atoms. The molecule has 2 N–H and O–H groups in total. The summed E-state index contributed by atoms with van der Waals surface area (Å²) in [6.45, 7) is 5.62. The number of nitrogens with zero attached hydrogens (tertiary/aromatic N) is 2. The van der Waals surface area contributed by atoms with Gasteiger partial charge in [0.25, 0.3) is 0 Å². The van der Waals surface area contributed by atoms with Gasteiger partial charge in [-0.25, -0.2) is 0 Å².